The summed E-state index contributed by atoms with van der Waals surface area (Å²) >= 11 is 1.05. The summed E-state index contributed by atoms with van der Waals surface area (Å²) in [5.74, 6) is -1.72. The van der Waals surface area contributed by atoms with Crippen molar-refractivity contribution >= 4 is 23.3 Å². The van der Waals surface area contributed by atoms with Crippen LogP contribution in [0.3, 0.4) is 0 Å². The van der Waals surface area contributed by atoms with E-state index in [1.54, 1.807) is 6.92 Å². The molecule has 76 valence electrons. The van der Waals surface area contributed by atoms with Crippen LogP contribution in [0.25, 0.3) is 0 Å². The summed E-state index contributed by atoms with van der Waals surface area (Å²) in [5, 5.41) is 8.84. The summed E-state index contributed by atoms with van der Waals surface area (Å²) in [5.41, 5.74) is -0.0575. The maximum absolute atomic E-state index is 11.1. The summed E-state index contributed by atoms with van der Waals surface area (Å²) in [6.45, 7) is 1.81. The Labute approximate surface area is 84.3 Å². The van der Waals surface area contributed by atoms with E-state index in [2.05, 4.69) is 9.72 Å². The smallest absolute Gasteiger partial charge is 0.367 e. The second-order valence-electron chi connectivity index (χ2n) is 2.44. The van der Waals surface area contributed by atoms with Crippen molar-refractivity contribution in [3.8, 4) is 0 Å². The average molecular weight is 215 g/mol. The molecule has 0 aliphatic carbocycles. The number of rotatable bonds is 3. The number of hydrogen-bond donors (Lipinski definition) is 1. The van der Waals surface area contributed by atoms with Crippen LogP contribution in [0.15, 0.2) is 0 Å². The number of aromatic nitrogens is 1. The lowest BCUT2D eigenvalue weighted by atomic mass is 10.3. The summed E-state index contributed by atoms with van der Waals surface area (Å²) < 4.78 is 4.44. The lowest BCUT2D eigenvalue weighted by Gasteiger charge is -1.89. The molecule has 0 amide bonds. The fourth-order valence-electron chi connectivity index (χ4n) is 0.933. The maximum Gasteiger partial charge on any atom is 0.367 e. The molecule has 0 aliphatic heterocycles. The van der Waals surface area contributed by atoms with Crippen molar-refractivity contribution in [2.75, 3.05) is 7.11 Å². The van der Waals surface area contributed by atoms with Gasteiger partial charge in [0, 0.05) is 4.88 Å². The van der Waals surface area contributed by atoms with Gasteiger partial charge in [-0.15, -0.1) is 11.3 Å². The fourth-order valence-corrected chi connectivity index (χ4v) is 1.84. The van der Waals surface area contributed by atoms with Gasteiger partial charge in [-0.1, -0.05) is 6.92 Å². The number of hydrogen-bond acceptors (Lipinski definition) is 5. The van der Waals surface area contributed by atoms with E-state index >= 15 is 0 Å². The van der Waals surface area contributed by atoms with Crippen molar-refractivity contribution in [3.63, 3.8) is 0 Å². The van der Waals surface area contributed by atoms with Gasteiger partial charge in [0.1, 0.15) is 0 Å². The number of carbonyl (C=O) groups excluding carboxylic acids is 1. The second kappa shape index (κ2) is 4.19. The van der Waals surface area contributed by atoms with Crippen LogP contribution < -0.4 is 0 Å². The molecule has 6 heteroatoms. The first-order valence-corrected chi connectivity index (χ1v) is 4.73. The maximum atomic E-state index is 11.1. The van der Waals surface area contributed by atoms with Gasteiger partial charge in [0.15, 0.2) is 5.69 Å². The van der Waals surface area contributed by atoms with Gasteiger partial charge in [0.2, 0.25) is 5.01 Å². The van der Waals surface area contributed by atoms with Gasteiger partial charge in [0.05, 0.1) is 7.11 Å². The molecule has 0 fully saturated rings. The number of carboxylic acids is 1. The van der Waals surface area contributed by atoms with Gasteiger partial charge in [-0.05, 0) is 6.42 Å². The van der Waals surface area contributed by atoms with E-state index in [1.165, 1.54) is 7.11 Å². The number of carbonyl (C=O) groups is 2. The van der Waals surface area contributed by atoms with Gasteiger partial charge in [0.25, 0.3) is 0 Å². The number of aryl methyl sites for hydroxylation is 1. The SMILES string of the molecule is CCc1sc(C(=O)OC)nc1C(=O)O. The number of carboxylic acid groups (broad SMARTS) is 1. The van der Waals surface area contributed by atoms with E-state index in [0.29, 0.717) is 11.3 Å². The zero-order chi connectivity index (χ0) is 10.7. The van der Waals surface area contributed by atoms with E-state index in [0.717, 1.165) is 11.3 Å². The van der Waals surface area contributed by atoms with Crippen LogP contribution in [0.2, 0.25) is 0 Å². The van der Waals surface area contributed by atoms with Crippen LogP contribution in [0.4, 0.5) is 0 Å². The Bertz CT molecular complexity index is 371. The van der Waals surface area contributed by atoms with Crippen molar-refractivity contribution in [1.29, 1.82) is 0 Å². The number of esters is 1. The van der Waals surface area contributed by atoms with Crippen LogP contribution in [-0.4, -0.2) is 29.1 Å². The Balaban J connectivity index is 3.13. The van der Waals surface area contributed by atoms with E-state index in [9.17, 15) is 9.59 Å². The minimum Gasteiger partial charge on any atom is -0.476 e. The van der Waals surface area contributed by atoms with Crippen LogP contribution in [0.1, 0.15) is 32.1 Å². The summed E-state index contributed by atoms with van der Waals surface area (Å²) in [6, 6.07) is 0. The quantitative estimate of drug-likeness (QED) is 0.766. The molecule has 0 unspecified atom stereocenters. The highest BCUT2D eigenvalue weighted by molar-refractivity contribution is 7.13. The molecule has 0 atom stereocenters. The van der Waals surface area contributed by atoms with E-state index in [-0.39, 0.29) is 10.7 Å². The molecule has 0 saturated heterocycles. The minimum atomic E-state index is -1.12. The first-order chi connectivity index (χ1) is 6.60. The van der Waals surface area contributed by atoms with Crippen molar-refractivity contribution in [3.05, 3.63) is 15.6 Å². The summed E-state index contributed by atoms with van der Waals surface area (Å²) in [4.78, 5) is 26.0. The molecule has 1 aromatic rings. The van der Waals surface area contributed by atoms with Gasteiger partial charge in [-0.2, -0.15) is 0 Å². The number of methoxy groups -OCH3 is 1. The molecule has 0 aromatic carbocycles. The average Bonchev–Trinajstić information content (AvgIpc) is 2.60. The van der Waals surface area contributed by atoms with Gasteiger partial charge in [-0.3, -0.25) is 0 Å². The van der Waals surface area contributed by atoms with Gasteiger partial charge < -0.3 is 9.84 Å². The molecule has 1 aromatic heterocycles. The standard InChI is InChI=1S/C8H9NO4S/c1-3-4-5(7(10)11)9-6(14-4)8(12)13-2/h3H2,1-2H3,(H,10,11). The largest absolute Gasteiger partial charge is 0.476 e. The molecule has 0 saturated carbocycles. The summed E-state index contributed by atoms with van der Waals surface area (Å²) in [6.07, 6.45) is 0.538. The molecule has 0 radical (unpaired) electrons. The lowest BCUT2D eigenvalue weighted by Crippen LogP contribution is -2.03. The lowest BCUT2D eigenvalue weighted by molar-refractivity contribution is 0.0600. The van der Waals surface area contributed by atoms with E-state index in [1.807, 2.05) is 0 Å². The second-order valence-corrected chi connectivity index (χ2v) is 3.52. The molecule has 1 heterocycles. The Morgan fingerprint density at radius 2 is 2.21 bits per heavy atom. The van der Waals surface area contributed by atoms with E-state index in [4.69, 9.17) is 5.11 Å². The van der Waals surface area contributed by atoms with Crippen molar-refractivity contribution < 1.29 is 19.4 Å². The minimum absolute atomic E-state index is 0.0575. The highest BCUT2D eigenvalue weighted by atomic mass is 32.1. The van der Waals surface area contributed by atoms with Gasteiger partial charge in [-0.25, -0.2) is 14.6 Å². The zero-order valence-corrected chi connectivity index (χ0v) is 8.55. The van der Waals surface area contributed by atoms with Crippen molar-refractivity contribution in [2.24, 2.45) is 0 Å². The summed E-state index contributed by atoms with van der Waals surface area (Å²) in [7, 11) is 1.23. The van der Waals surface area contributed by atoms with Gasteiger partial charge >= 0.3 is 11.9 Å². The van der Waals surface area contributed by atoms with Crippen LogP contribution in [-0.2, 0) is 11.2 Å². The third-order valence-corrected chi connectivity index (χ3v) is 2.76. The third kappa shape index (κ3) is 1.90. The molecule has 1 rings (SSSR count). The Morgan fingerprint density at radius 1 is 1.57 bits per heavy atom. The first kappa shape index (κ1) is 10.6. The highest BCUT2D eigenvalue weighted by Crippen LogP contribution is 2.19. The van der Waals surface area contributed by atoms with Crippen LogP contribution in [0, 0.1) is 0 Å². The van der Waals surface area contributed by atoms with E-state index < -0.39 is 11.9 Å². The molecule has 14 heavy (non-hydrogen) atoms. The molecule has 0 spiro atoms. The molecule has 0 bridgehead atoms. The Hall–Kier alpha value is -1.43. The first-order valence-electron chi connectivity index (χ1n) is 3.91. The highest BCUT2D eigenvalue weighted by Gasteiger charge is 2.20. The predicted octanol–water partition coefficient (Wildman–Crippen LogP) is 1.19. The number of thiazole rings is 1. The zero-order valence-electron chi connectivity index (χ0n) is 7.73. The van der Waals surface area contributed by atoms with Crippen LogP contribution in [0.5, 0.6) is 0 Å². The monoisotopic (exact) mass is 215 g/mol. The van der Waals surface area contributed by atoms with Crippen molar-refractivity contribution in [1.82, 2.24) is 4.98 Å². The van der Waals surface area contributed by atoms with Crippen LogP contribution >= 0.6 is 11.3 Å². The topological polar surface area (TPSA) is 76.5 Å². The number of aromatic carboxylic acids is 1. The molecule has 1 N–H and O–H groups in total. The molecule has 0 aliphatic rings. The third-order valence-electron chi connectivity index (χ3n) is 1.58. The van der Waals surface area contributed by atoms with Crippen molar-refractivity contribution in [2.45, 2.75) is 13.3 Å². The number of nitrogens with zero attached hydrogens (tertiary/aromatic N) is 1. The Morgan fingerprint density at radius 3 is 2.57 bits per heavy atom. The molecular formula is C8H9NO4S. The fraction of sp³-hybridized carbons (Fsp3) is 0.375. The number of ether oxygens (including phenoxy) is 1. The molecule has 5 nitrogen and oxygen atoms in total. The normalized spacial score (nSPS) is 9.86. The predicted molar refractivity (Wildman–Crippen MR) is 49.8 cm³/mol. The Kier molecular flexibility index (Phi) is 3.19. The molecular weight excluding hydrogens is 206 g/mol.